The van der Waals surface area contributed by atoms with E-state index in [1.54, 1.807) is 14.1 Å². The number of alkyl halides is 1. The summed E-state index contributed by atoms with van der Waals surface area (Å²) in [5.74, 6) is -1.12. The second kappa shape index (κ2) is 9.96. The van der Waals surface area contributed by atoms with E-state index < -0.39 is 12.0 Å². The second-order valence-electron chi connectivity index (χ2n) is 4.39. The first kappa shape index (κ1) is 17.0. The molecule has 1 unspecified atom stereocenters. The molecule has 18 heavy (non-hydrogen) atoms. The van der Waals surface area contributed by atoms with Crippen molar-refractivity contribution in [3.63, 3.8) is 0 Å². The number of carboxylic acid groups (broad SMARTS) is 1. The Labute approximate surface area is 107 Å². The van der Waals surface area contributed by atoms with Crippen molar-refractivity contribution in [1.29, 1.82) is 0 Å². The number of nitrogens with one attached hydrogen (secondary N) is 1. The smallest absolute Gasteiger partial charge is 0.305 e. The van der Waals surface area contributed by atoms with Crippen molar-refractivity contribution < 1.29 is 19.1 Å². The third-order valence-electron chi connectivity index (χ3n) is 2.72. The quantitative estimate of drug-likeness (QED) is 0.536. The topological polar surface area (TPSA) is 69.6 Å². The Hall–Kier alpha value is -1.01. The van der Waals surface area contributed by atoms with Crippen molar-refractivity contribution in [2.75, 3.05) is 33.9 Å². The molecule has 6 heteroatoms. The highest BCUT2D eigenvalue weighted by Crippen LogP contribution is 2.00. The lowest BCUT2D eigenvalue weighted by molar-refractivity contribution is -0.139. The molecule has 0 aliphatic carbocycles. The van der Waals surface area contributed by atoms with Crippen LogP contribution in [-0.2, 0) is 9.59 Å². The molecule has 0 aromatic rings. The lowest BCUT2D eigenvalue weighted by Crippen LogP contribution is -2.42. The summed E-state index contributed by atoms with van der Waals surface area (Å²) in [7, 11) is 3.38. The Bertz CT molecular complexity index is 262. The van der Waals surface area contributed by atoms with Gasteiger partial charge in [-0.3, -0.25) is 18.9 Å². The molecule has 0 aliphatic rings. The maximum atomic E-state index is 11.9. The zero-order chi connectivity index (χ0) is 14.0. The molecule has 0 fully saturated rings. The summed E-state index contributed by atoms with van der Waals surface area (Å²) in [5, 5.41) is 11.4. The molecule has 0 aromatic heterocycles. The Morgan fingerprint density at radius 3 is 2.50 bits per heavy atom. The number of carbonyl (C=O) groups excluding carboxylic acids is 1. The molecule has 0 aromatic carbocycles. The maximum Gasteiger partial charge on any atom is 0.305 e. The van der Waals surface area contributed by atoms with E-state index in [9.17, 15) is 14.0 Å². The molecule has 0 aliphatic heterocycles. The van der Waals surface area contributed by atoms with E-state index in [4.69, 9.17) is 5.11 Å². The van der Waals surface area contributed by atoms with Crippen LogP contribution in [0.15, 0.2) is 0 Å². The number of nitrogens with zero attached hydrogens (tertiary/aromatic N) is 1. The van der Waals surface area contributed by atoms with Crippen molar-refractivity contribution in [1.82, 2.24) is 10.2 Å². The van der Waals surface area contributed by atoms with E-state index in [-0.39, 0.29) is 25.4 Å². The number of Topliss-reactive ketones (excluding diaryl/α,β-unsaturated/α-hetero) is 1. The normalized spacial score (nSPS) is 12.7. The van der Waals surface area contributed by atoms with Gasteiger partial charge in [0.05, 0.1) is 25.7 Å². The molecule has 0 rings (SSSR count). The highest BCUT2D eigenvalue weighted by molar-refractivity contribution is 5.89. The molecule has 0 spiro atoms. The number of carboxylic acids is 1. The van der Waals surface area contributed by atoms with Crippen LogP contribution < -0.4 is 5.32 Å². The minimum Gasteiger partial charge on any atom is -0.481 e. The Morgan fingerprint density at radius 1 is 1.33 bits per heavy atom. The van der Waals surface area contributed by atoms with Crippen LogP contribution in [0.3, 0.4) is 0 Å². The van der Waals surface area contributed by atoms with Gasteiger partial charge >= 0.3 is 5.97 Å². The van der Waals surface area contributed by atoms with E-state index in [2.05, 4.69) is 5.32 Å². The third-order valence-corrected chi connectivity index (χ3v) is 2.72. The molecule has 106 valence electrons. The summed E-state index contributed by atoms with van der Waals surface area (Å²) >= 11 is 0. The van der Waals surface area contributed by atoms with Crippen molar-refractivity contribution in [2.24, 2.45) is 0 Å². The van der Waals surface area contributed by atoms with Crippen molar-refractivity contribution in [3.05, 3.63) is 0 Å². The number of ketones is 1. The third kappa shape index (κ3) is 8.14. The summed E-state index contributed by atoms with van der Waals surface area (Å²) < 4.78 is 11.9. The summed E-state index contributed by atoms with van der Waals surface area (Å²) in [6.07, 6.45) is 2.00. The molecule has 0 radical (unpaired) electrons. The number of likely N-dealkylation sites (N-methyl/N-ethyl adjacent to an activating group) is 2. The lowest BCUT2D eigenvalue weighted by Gasteiger charge is -2.19. The number of hydrogen-bond acceptors (Lipinski definition) is 4. The first-order valence-corrected chi connectivity index (χ1v) is 6.17. The summed E-state index contributed by atoms with van der Waals surface area (Å²) in [6, 6.07) is -0.643. The standard InChI is InChI=1S/C12H23FN2O3/c1-14-10(8-12(17)18)11(16)9-15(2)7-5-3-4-6-13/h10,14H,3-9H2,1-2H3,(H,17,18). The van der Waals surface area contributed by atoms with E-state index in [0.717, 1.165) is 19.4 Å². The summed E-state index contributed by atoms with van der Waals surface area (Å²) in [4.78, 5) is 24.2. The van der Waals surface area contributed by atoms with Crippen LogP contribution in [0.5, 0.6) is 0 Å². The minimum atomic E-state index is -0.992. The van der Waals surface area contributed by atoms with Gasteiger partial charge in [0, 0.05) is 0 Å². The molecular formula is C12H23FN2O3. The number of rotatable bonds is 11. The predicted molar refractivity (Wildman–Crippen MR) is 67.4 cm³/mol. The molecule has 0 saturated heterocycles. The highest BCUT2D eigenvalue weighted by atomic mass is 19.1. The number of hydrogen-bond donors (Lipinski definition) is 2. The van der Waals surface area contributed by atoms with Crippen LogP contribution in [0.4, 0.5) is 4.39 Å². The molecule has 0 amide bonds. The van der Waals surface area contributed by atoms with Crippen LogP contribution in [0.1, 0.15) is 25.7 Å². The van der Waals surface area contributed by atoms with Crippen LogP contribution >= 0.6 is 0 Å². The zero-order valence-corrected chi connectivity index (χ0v) is 11.1. The van der Waals surface area contributed by atoms with Crippen LogP contribution in [0, 0.1) is 0 Å². The van der Waals surface area contributed by atoms with Crippen molar-refractivity contribution >= 4 is 11.8 Å². The second-order valence-corrected chi connectivity index (χ2v) is 4.39. The number of aliphatic carboxylic acids is 1. The number of halogens is 1. The predicted octanol–water partition coefficient (Wildman–Crippen LogP) is 0.690. The van der Waals surface area contributed by atoms with Gasteiger partial charge in [-0.25, -0.2) is 0 Å². The number of unbranched alkanes of at least 4 members (excludes halogenated alkanes) is 2. The first-order chi connectivity index (χ1) is 8.51. The van der Waals surface area contributed by atoms with Gasteiger partial charge in [0.2, 0.25) is 0 Å². The Balaban J connectivity index is 3.92. The minimum absolute atomic E-state index is 0.132. The van der Waals surface area contributed by atoms with Gasteiger partial charge in [0.25, 0.3) is 0 Å². The molecule has 0 bridgehead atoms. The Morgan fingerprint density at radius 2 is 2.00 bits per heavy atom. The van der Waals surface area contributed by atoms with Gasteiger partial charge in [-0.05, 0) is 39.9 Å². The average molecular weight is 262 g/mol. The first-order valence-electron chi connectivity index (χ1n) is 6.17. The van der Waals surface area contributed by atoms with Crippen LogP contribution in [0.25, 0.3) is 0 Å². The van der Waals surface area contributed by atoms with Crippen molar-refractivity contribution in [2.45, 2.75) is 31.7 Å². The fraction of sp³-hybridized carbons (Fsp3) is 0.833. The van der Waals surface area contributed by atoms with Gasteiger partial charge in [-0.1, -0.05) is 0 Å². The van der Waals surface area contributed by atoms with Crippen LogP contribution in [-0.4, -0.2) is 61.7 Å². The van der Waals surface area contributed by atoms with E-state index >= 15 is 0 Å². The fourth-order valence-corrected chi connectivity index (χ4v) is 1.66. The molecule has 2 N–H and O–H groups in total. The van der Waals surface area contributed by atoms with Crippen molar-refractivity contribution in [3.8, 4) is 0 Å². The largest absolute Gasteiger partial charge is 0.481 e. The average Bonchev–Trinajstić information content (AvgIpc) is 2.31. The number of carbonyl (C=O) groups is 2. The van der Waals surface area contributed by atoms with Gasteiger partial charge in [0.15, 0.2) is 5.78 Å². The molecule has 0 saturated carbocycles. The summed E-state index contributed by atoms with van der Waals surface area (Å²) in [6.45, 7) is 0.632. The SMILES string of the molecule is CNC(CC(=O)O)C(=O)CN(C)CCCCCF. The van der Waals surface area contributed by atoms with Crippen LogP contribution in [0.2, 0.25) is 0 Å². The molecule has 5 nitrogen and oxygen atoms in total. The van der Waals surface area contributed by atoms with E-state index in [1.807, 2.05) is 4.90 Å². The lowest BCUT2D eigenvalue weighted by atomic mass is 10.1. The van der Waals surface area contributed by atoms with Gasteiger partial charge in [0.1, 0.15) is 0 Å². The fourth-order valence-electron chi connectivity index (χ4n) is 1.66. The maximum absolute atomic E-state index is 11.9. The van der Waals surface area contributed by atoms with E-state index in [1.165, 1.54) is 0 Å². The van der Waals surface area contributed by atoms with Gasteiger partial charge < -0.3 is 10.4 Å². The van der Waals surface area contributed by atoms with Gasteiger partial charge in [-0.15, -0.1) is 0 Å². The highest BCUT2D eigenvalue weighted by Gasteiger charge is 2.20. The molecule has 1 atom stereocenters. The molecule has 0 heterocycles. The summed E-state index contributed by atoms with van der Waals surface area (Å²) in [5.41, 5.74) is 0. The monoisotopic (exact) mass is 262 g/mol. The van der Waals surface area contributed by atoms with Gasteiger partial charge in [-0.2, -0.15) is 0 Å². The Kier molecular flexibility index (Phi) is 9.40. The van der Waals surface area contributed by atoms with E-state index in [0.29, 0.717) is 6.42 Å². The zero-order valence-electron chi connectivity index (χ0n) is 11.1. The molecular weight excluding hydrogens is 239 g/mol.